The van der Waals surface area contributed by atoms with Crippen LogP contribution in [0.5, 0.6) is 11.6 Å². The van der Waals surface area contributed by atoms with E-state index in [1.807, 2.05) is 13.0 Å². The van der Waals surface area contributed by atoms with E-state index in [0.717, 1.165) is 4.88 Å². The zero-order valence-electron chi connectivity index (χ0n) is 12.7. The molecule has 3 rings (SSSR count). The minimum Gasteiger partial charge on any atom is -0.465 e. The highest BCUT2D eigenvalue weighted by molar-refractivity contribution is 7.18. The van der Waals surface area contributed by atoms with Crippen LogP contribution in [0.15, 0.2) is 30.6 Å². The molecule has 0 radical (unpaired) electrons. The molecule has 0 aliphatic heterocycles. The molecule has 0 unspecified atom stereocenters. The van der Waals surface area contributed by atoms with Crippen molar-refractivity contribution in [1.29, 1.82) is 0 Å². The number of benzene rings is 1. The molecule has 3 aromatic rings. The number of carbonyl (C=O) groups is 1. The van der Waals surface area contributed by atoms with Crippen LogP contribution in [0.2, 0.25) is 0 Å². The van der Waals surface area contributed by atoms with Gasteiger partial charge in [0.25, 0.3) is 0 Å². The standard InChI is InChI=1S/C15H11N3O5S/c1-8-5-10-13(16-7-17-14(10)24-8)23-12-6-9(15(19)22-2)3-4-11(12)18(20)21/h3-7H,1-2H3. The Kier molecular flexibility index (Phi) is 4.09. The molecule has 0 spiro atoms. The van der Waals surface area contributed by atoms with Gasteiger partial charge in [0.1, 0.15) is 11.2 Å². The van der Waals surface area contributed by atoms with Gasteiger partial charge in [-0.2, -0.15) is 0 Å². The van der Waals surface area contributed by atoms with E-state index >= 15 is 0 Å². The lowest BCUT2D eigenvalue weighted by molar-refractivity contribution is -0.385. The van der Waals surface area contributed by atoms with E-state index < -0.39 is 10.9 Å². The summed E-state index contributed by atoms with van der Waals surface area (Å²) in [6.45, 7) is 1.91. The molecule has 2 aromatic heterocycles. The molecule has 2 heterocycles. The monoisotopic (exact) mass is 345 g/mol. The van der Waals surface area contributed by atoms with Gasteiger partial charge < -0.3 is 9.47 Å². The zero-order valence-corrected chi connectivity index (χ0v) is 13.5. The number of fused-ring (bicyclic) bond motifs is 1. The number of hydrogen-bond acceptors (Lipinski definition) is 8. The van der Waals surface area contributed by atoms with Crippen molar-refractivity contribution in [2.75, 3.05) is 7.11 Å². The maximum absolute atomic E-state index is 11.6. The van der Waals surface area contributed by atoms with Gasteiger partial charge in [0.05, 0.1) is 23.0 Å². The molecule has 9 heteroatoms. The zero-order chi connectivity index (χ0) is 17.3. The van der Waals surface area contributed by atoms with Crippen molar-refractivity contribution < 1.29 is 19.2 Å². The lowest BCUT2D eigenvalue weighted by atomic mass is 10.2. The Bertz CT molecular complexity index is 953. The van der Waals surface area contributed by atoms with Crippen LogP contribution >= 0.6 is 11.3 Å². The number of methoxy groups -OCH3 is 1. The molecular weight excluding hydrogens is 334 g/mol. The molecule has 1 aromatic carbocycles. The molecule has 0 bridgehead atoms. The van der Waals surface area contributed by atoms with E-state index in [2.05, 4.69) is 14.7 Å². The van der Waals surface area contributed by atoms with E-state index in [1.165, 1.54) is 43.0 Å². The Morgan fingerprint density at radius 1 is 1.29 bits per heavy atom. The number of hydrogen-bond donors (Lipinski definition) is 0. The number of esters is 1. The van der Waals surface area contributed by atoms with Crippen molar-refractivity contribution >= 4 is 33.2 Å². The highest BCUT2D eigenvalue weighted by Gasteiger charge is 2.21. The minimum atomic E-state index is -0.617. The van der Waals surface area contributed by atoms with Crippen molar-refractivity contribution in [3.63, 3.8) is 0 Å². The van der Waals surface area contributed by atoms with Gasteiger partial charge in [-0.05, 0) is 19.1 Å². The second kappa shape index (κ2) is 6.20. The number of nitro groups is 1. The second-order valence-corrected chi connectivity index (χ2v) is 6.02. The maximum Gasteiger partial charge on any atom is 0.337 e. The Morgan fingerprint density at radius 2 is 2.08 bits per heavy atom. The molecule has 8 nitrogen and oxygen atoms in total. The van der Waals surface area contributed by atoms with Gasteiger partial charge in [0.15, 0.2) is 0 Å². The largest absolute Gasteiger partial charge is 0.465 e. The summed E-state index contributed by atoms with van der Waals surface area (Å²) in [5.41, 5.74) is -0.133. The fourth-order valence-electron chi connectivity index (χ4n) is 2.13. The Hall–Kier alpha value is -3.07. The molecule has 0 aliphatic carbocycles. The van der Waals surface area contributed by atoms with E-state index in [-0.39, 0.29) is 22.9 Å². The smallest absolute Gasteiger partial charge is 0.337 e. The highest BCUT2D eigenvalue weighted by atomic mass is 32.1. The first-order chi connectivity index (χ1) is 11.5. The first-order valence-electron chi connectivity index (χ1n) is 6.75. The van der Waals surface area contributed by atoms with Gasteiger partial charge in [-0.3, -0.25) is 10.1 Å². The van der Waals surface area contributed by atoms with E-state index in [9.17, 15) is 14.9 Å². The maximum atomic E-state index is 11.6. The first kappa shape index (κ1) is 15.8. The quantitative estimate of drug-likeness (QED) is 0.405. The molecule has 0 saturated carbocycles. The summed E-state index contributed by atoms with van der Waals surface area (Å²) in [4.78, 5) is 32.2. The first-order valence-corrected chi connectivity index (χ1v) is 7.57. The van der Waals surface area contributed by atoms with Gasteiger partial charge in [-0.15, -0.1) is 11.3 Å². The molecule has 24 heavy (non-hydrogen) atoms. The van der Waals surface area contributed by atoms with Crippen molar-refractivity contribution in [2.45, 2.75) is 6.92 Å². The SMILES string of the molecule is COC(=O)c1ccc([N+](=O)[O-])c(Oc2ncnc3sc(C)cc23)c1. The third-order valence-corrected chi connectivity index (χ3v) is 4.16. The summed E-state index contributed by atoms with van der Waals surface area (Å²) in [7, 11) is 1.23. The number of aromatic nitrogens is 2. The summed E-state index contributed by atoms with van der Waals surface area (Å²) in [6, 6.07) is 5.60. The van der Waals surface area contributed by atoms with Crippen LogP contribution in [0.1, 0.15) is 15.2 Å². The Morgan fingerprint density at radius 3 is 2.79 bits per heavy atom. The average molecular weight is 345 g/mol. The summed E-state index contributed by atoms with van der Waals surface area (Å²) < 4.78 is 10.3. The van der Waals surface area contributed by atoms with Gasteiger partial charge in [-0.25, -0.2) is 14.8 Å². The van der Waals surface area contributed by atoms with Crippen LogP contribution in [-0.4, -0.2) is 28.0 Å². The van der Waals surface area contributed by atoms with Crippen molar-refractivity contribution in [1.82, 2.24) is 9.97 Å². The lowest BCUT2D eigenvalue weighted by Gasteiger charge is -2.07. The molecule has 0 fully saturated rings. The van der Waals surface area contributed by atoms with Crippen LogP contribution in [0.4, 0.5) is 5.69 Å². The predicted octanol–water partition coefficient (Wildman–Crippen LogP) is 3.49. The van der Waals surface area contributed by atoms with E-state index in [4.69, 9.17) is 4.74 Å². The fraction of sp³-hybridized carbons (Fsp3) is 0.133. The van der Waals surface area contributed by atoms with Crippen LogP contribution in [0.3, 0.4) is 0 Å². The Balaban J connectivity index is 2.09. The van der Waals surface area contributed by atoms with Crippen LogP contribution in [-0.2, 0) is 4.74 Å². The summed E-state index contributed by atoms with van der Waals surface area (Å²) in [6.07, 6.45) is 1.32. The molecular formula is C15H11N3O5S. The Labute approximate surface area is 139 Å². The van der Waals surface area contributed by atoms with E-state index in [1.54, 1.807) is 0 Å². The van der Waals surface area contributed by atoms with Crippen molar-refractivity contribution in [2.24, 2.45) is 0 Å². The second-order valence-electron chi connectivity index (χ2n) is 4.79. The van der Waals surface area contributed by atoms with Gasteiger partial charge in [-0.1, -0.05) is 0 Å². The van der Waals surface area contributed by atoms with E-state index in [0.29, 0.717) is 10.2 Å². The van der Waals surface area contributed by atoms with Gasteiger partial charge in [0.2, 0.25) is 11.6 Å². The number of ether oxygens (including phenoxy) is 2. The third kappa shape index (κ3) is 2.88. The van der Waals surface area contributed by atoms with Crippen LogP contribution < -0.4 is 4.74 Å². The molecule has 0 saturated heterocycles. The summed E-state index contributed by atoms with van der Waals surface area (Å²) in [5, 5.41) is 11.9. The highest BCUT2D eigenvalue weighted by Crippen LogP contribution is 2.36. The molecule has 0 atom stereocenters. The number of thiophene rings is 1. The number of nitro benzene ring substituents is 1. The molecule has 122 valence electrons. The van der Waals surface area contributed by atoms with Gasteiger partial charge in [0, 0.05) is 17.0 Å². The minimum absolute atomic E-state index is 0.0910. The molecule has 0 aliphatic rings. The van der Waals surface area contributed by atoms with Crippen LogP contribution in [0, 0.1) is 17.0 Å². The van der Waals surface area contributed by atoms with Gasteiger partial charge >= 0.3 is 11.7 Å². The topological polar surface area (TPSA) is 104 Å². The summed E-state index contributed by atoms with van der Waals surface area (Å²) >= 11 is 1.46. The normalized spacial score (nSPS) is 10.6. The van der Waals surface area contributed by atoms with Crippen LogP contribution in [0.25, 0.3) is 10.2 Å². The fourth-order valence-corrected chi connectivity index (χ4v) is 2.97. The lowest BCUT2D eigenvalue weighted by Crippen LogP contribution is -2.03. The number of carbonyl (C=O) groups excluding carboxylic acids is 1. The average Bonchev–Trinajstić information content (AvgIpc) is 2.95. The predicted molar refractivity (Wildman–Crippen MR) is 86.7 cm³/mol. The van der Waals surface area contributed by atoms with Crippen molar-refractivity contribution in [3.05, 3.63) is 51.1 Å². The van der Waals surface area contributed by atoms with Crippen molar-refractivity contribution in [3.8, 4) is 11.6 Å². The third-order valence-electron chi connectivity index (χ3n) is 3.20. The number of rotatable bonds is 4. The molecule has 0 N–H and O–H groups in total. The number of aryl methyl sites for hydroxylation is 1. The molecule has 0 amide bonds. The number of nitrogens with zero attached hydrogens (tertiary/aromatic N) is 3. The summed E-state index contributed by atoms with van der Waals surface area (Å²) in [5.74, 6) is -0.518.